The van der Waals surface area contributed by atoms with Gasteiger partial charge in [-0.2, -0.15) is 0 Å². The fourth-order valence-corrected chi connectivity index (χ4v) is 5.39. The van der Waals surface area contributed by atoms with Gasteiger partial charge in [-0.3, -0.25) is 14.6 Å². The molecule has 8 nitrogen and oxygen atoms in total. The minimum atomic E-state index is -0.788. The first-order valence-electron chi connectivity index (χ1n) is 11.9. The molecule has 1 atom stereocenters. The van der Waals surface area contributed by atoms with Crippen LogP contribution in [0, 0.1) is 5.41 Å². The highest BCUT2D eigenvalue weighted by molar-refractivity contribution is 6.40. The first kappa shape index (κ1) is 26.0. The Hall–Kier alpha value is -3.10. The highest BCUT2D eigenvalue weighted by Crippen LogP contribution is 2.51. The number of benzene rings is 1. The van der Waals surface area contributed by atoms with Crippen LogP contribution in [-0.2, 0) is 20.7 Å². The number of allylic oxidation sites excluding steroid dienone is 2. The number of nitrogens with zero attached hydrogens (tertiary/aromatic N) is 1. The average molecular weight is 532 g/mol. The third kappa shape index (κ3) is 5.06. The zero-order valence-electron chi connectivity index (χ0n) is 19.8. The Balaban J connectivity index is 1.48. The van der Waals surface area contributed by atoms with E-state index in [1.807, 2.05) is 0 Å². The van der Waals surface area contributed by atoms with Crippen molar-refractivity contribution in [3.8, 4) is 0 Å². The summed E-state index contributed by atoms with van der Waals surface area (Å²) in [6, 6.07) is 6.16. The number of aromatic nitrogens is 1. The van der Waals surface area contributed by atoms with Gasteiger partial charge in [0.05, 0.1) is 33.3 Å². The average Bonchev–Trinajstić information content (AvgIpc) is 2.87. The van der Waals surface area contributed by atoms with Gasteiger partial charge in [-0.1, -0.05) is 54.6 Å². The molecule has 1 aromatic heterocycles. The topological polar surface area (TPSA) is 118 Å². The van der Waals surface area contributed by atoms with Gasteiger partial charge in [0.15, 0.2) is 5.76 Å². The summed E-state index contributed by atoms with van der Waals surface area (Å²) in [4.78, 5) is 41.7. The molecular weight excluding hydrogens is 505 g/mol. The Morgan fingerprint density at radius 1 is 1.11 bits per heavy atom. The van der Waals surface area contributed by atoms with Gasteiger partial charge in [-0.05, 0) is 37.5 Å². The zero-order valence-corrected chi connectivity index (χ0v) is 21.3. The molecule has 0 radical (unpaired) electrons. The van der Waals surface area contributed by atoms with Gasteiger partial charge in [0.2, 0.25) is 5.78 Å². The molecule has 1 aromatic carbocycles. The molecule has 4 rings (SSSR count). The molecule has 0 bridgehead atoms. The summed E-state index contributed by atoms with van der Waals surface area (Å²) >= 11 is 12.1. The maximum Gasteiger partial charge on any atom is 0.328 e. The van der Waals surface area contributed by atoms with Crippen LogP contribution in [0.4, 0.5) is 5.69 Å². The fourth-order valence-electron chi connectivity index (χ4n) is 4.85. The summed E-state index contributed by atoms with van der Waals surface area (Å²) in [6.07, 6.45) is 7.11. The number of amides is 1. The van der Waals surface area contributed by atoms with E-state index in [2.05, 4.69) is 15.6 Å². The molecule has 2 aliphatic rings. The van der Waals surface area contributed by atoms with Gasteiger partial charge in [-0.25, -0.2) is 4.79 Å². The number of hydrogen-bond donors (Lipinski definition) is 3. The van der Waals surface area contributed by atoms with Gasteiger partial charge in [-0.15, -0.1) is 0 Å². The summed E-state index contributed by atoms with van der Waals surface area (Å²) in [7, 11) is 0. The molecule has 1 amide bonds. The minimum Gasteiger partial charge on any atom is -0.503 e. The number of aliphatic hydroxyl groups excluding tert-OH is 1. The second kappa shape index (κ2) is 10.9. The maximum atomic E-state index is 12.8. The summed E-state index contributed by atoms with van der Waals surface area (Å²) in [5, 5.41) is 16.5. The largest absolute Gasteiger partial charge is 0.503 e. The monoisotopic (exact) mass is 531 g/mol. The predicted molar refractivity (Wildman–Crippen MR) is 136 cm³/mol. The molecule has 1 spiro atoms. The number of hydrogen-bond acceptors (Lipinski definition) is 7. The van der Waals surface area contributed by atoms with Crippen molar-refractivity contribution in [2.45, 2.75) is 51.5 Å². The molecule has 3 N–H and O–H groups in total. The van der Waals surface area contributed by atoms with Crippen molar-refractivity contribution in [2.24, 2.45) is 5.41 Å². The standard InChI is InChI=1S/C26H27Cl2N3O5/c1-2-36-25(35)19(31-22-21(32)23(33)26(22)10-4-3-5-11-26)12-15-6-8-16(9-7-15)30-24(34)20-17(27)13-29-14-18(20)28/h6-9,13-14,19,31-32H,2-5,10-12H2,1H3,(H,30,34)/t19-/m0/s1. The van der Waals surface area contributed by atoms with Crippen molar-refractivity contribution >= 4 is 46.5 Å². The number of esters is 1. The van der Waals surface area contributed by atoms with E-state index in [4.69, 9.17) is 27.9 Å². The summed E-state index contributed by atoms with van der Waals surface area (Å²) in [5.41, 5.74) is 1.15. The van der Waals surface area contributed by atoms with Gasteiger partial charge in [0.1, 0.15) is 6.04 Å². The quantitative estimate of drug-likeness (QED) is 0.409. The molecular formula is C26H27Cl2N3O5. The molecule has 1 heterocycles. The van der Waals surface area contributed by atoms with E-state index in [-0.39, 0.29) is 40.2 Å². The third-order valence-electron chi connectivity index (χ3n) is 6.69. The van der Waals surface area contributed by atoms with E-state index in [9.17, 15) is 19.5 Å². The summed E-state index contributed by atoms with van der Waals surface area (Å²) in [5.74, 6) is -1.48. The maximum absolute atomic E-state index is 12.8. The number of aliphatic hydroxyl groups is 1. The highest BCUT2D eigenvalue weighted by atomic mass is 35.5. The molecule has 2 aliphatic carbocycles. The van der Waals surface area contributed by atoms with Crippen LogP contribution in [0.1, 0.15) is 54.9 Å². The molecule has 2 aromatic rings. The van der Waals surface area contributed by atoms with Crippen molar-refractivity contribution < 1.29 is 24.2 Å². The van der Waals surface area contributed by atoms with E-state index >= 15 is 0 Å². The van der Waals surface area contributed by atoms with Crippen LogP contribution >= 0.6 is 23.2 Å². The molecule has 0 unspecified atom stereocenters. The van der Waals surface area contributed by atoms with E-state index in [1.54, 1.807) is 31.2 Å². The lowest BCUT2D eigenvalue weighted by Gasteiger charge is -2.45. The Labute approximate surface area is 219 Å². The second-order valence-corrected chi connectivity index (χ2v) is 9.79. The van der Waals surface area contributed by atoms with Gasteiger partial charge in [0.25, 0.3) is 5.91 Å². The van der Waals surface area contributed by atoms with Crippen molar-refractivity contribution in [3.05, 3.63) is 69.3 Å². The number of anilines is 1. The minimum absolute atomic E-state index is 0.128. The van der Waals surface area contributed by atoms with Crippen LogP contribution in [0.3, 0.4) is 0 Å². The van der Waals surface area contributed by atoms with Crippen LogP contribution in [0.2, 0.25) is 10.0 Å². The normalized spacial score (nSPS) is 17.4. The van der Waals surface area contributed by atoms with Gasteiger partial charge < -0.3 is 20.5 Å². The third-order valence-corrected chi connectivity index (χ3v) is 7.27. The number of nitrogens with one attached hydrogen (secondary N) is 2. The number of pyridine rings is 1. The lowest BCUT2D eigenvalue weighted by molar-refractivity contribution is -0.146. The summed E-state index contributed by atoms with van der Waals surface area (Å²) in [6.45, 7) is 1.93. The number of carbonyl (C=O) groups is 3. The molecule has 10 heteroatoms. The number of ether oxygens (including phenoxy) is 1. The molecule has 1 fully saturated rings. The van der Waals surface area contributed by atoms with E-state index < -0.39 is 23.3 Å². The van der Waals surface area contributed by atoms with E-state index in [1.165, 1.54) is 12.4 Å². The zero-order chi connectivity index (χ0) is 25.9. The number of rotatable bonds is 8. The second-order valence-electron chi connectivity index (χ2n) is 8.98. The van der Waals surface area contributed by atoms with Gasteiger partial charge in [0, 0.05) is 24.5 Å². The molecule has 190 valence electrons. The van der Waals surface area contributed by atoms with E-state index in [0.717, 1.165) is 24.8 Å². The number of Topliss-reactive ketones (excluding diaryl/α,β-unsaturated/α-hetero) is 1. The lowest BCUT2D eigenvalue weighted by Crippen LogP contribution is -2.54. The smallest absolute Gasteiger partial charge is 0.328 e. The van der Waals surface area contributed by atoms with Crippen molar-refractivity contribution in [1.82, 2.24) is 10.3 Å². The van der Waals surface area contributed by atoms with Crippen LogP contribution in [0.5, 0.6) is 0 Å². The number of halogens is 2. The van der Waals surface area contributed by atoms with Crippen LogP contribution in [0.15, 0.2) is 48.1 Å². The molecule has 1 saturated carbocycles. The highest BCUT2D eigenvalue weighted by Gasteiger charge is 2.55. The first-order chi connectivity index (χ1) is 17.3. The Kier molecular flexibility index (Phi) is 7.85. The number of carbonyl (C=O) groups excluding carboxylic acids is 3. The summed E-state index contributed by atoms with van der Waals surface area (Å²) < 4.78 is 5.25. The first-order valence-corrected chi connectivity index (χ1v) is 12.6. The van der Waals surface area contributed by atoms with E-state index in [0.29, 0.717) is 24.2 Å². The molecule has 0 saturated heterocycles. The SMILES string of the molecule is CCOC(=O)[C@H](Cc1ccc(NC(=O)c2c(Cl)cncc2Cl)cc1)NC1=C(O)C(=O)C12CCCCC2. The fraction of sp³-hybridized carbons (Fsp3) is 0.385. The Morgan fingerprint density at radius 2 is 1.75 bits per heavy atom. The molecule has 36 heavy (non-hydrogen) atoms. The van der Waals surface area contributed by atoms with Crippen LogP contribution in [-0.4, -0.2) is 40.4 Å². The Bertz CT molecular complexity index is 1190. The molecule has 0 aliphatic heterocycles. The van der Waals surface area contributed by atoms with Crippen LogP contribution in [0.25, 0.3) is 0 Å². The Morgan fingerprint density at radius 3 is 2.36 bits per heavy atom. The van der Waals surface area contributed by atoms with Crippen molar-refractivity contribution in [2.75, 3.05) is 11.9 Å². The lowest BCUT2D eigenvalue weighted by atomic mass is 9.61. The van der Waals surface area contributed by atoms with Crippen molar-refractivity contribution in [1.29, 1.82) is 0 Å². The predicted octanol–water partition coefficient (Wildman–Crippen LogP) is 5.01. The van der Waals surface area contributed by atoms with Gasteiger partial charge >= 0.3 is 5.97 Å². The van der Waals surface area contributed by atoms with Crippen LogP contribution < -0.4 is 10.6 Å². The van der Waals surface area contributed by atoms with Crippen molar-refractivity contribution in [3.63, 3.8) is 0 Å². The number of ketones is 1.